The number of halogens is 1. The van der Waals surface area contributed by atoms with Crippen LogP contribution in [0.3, 0.4) is 0 Å². The second-order valence-corrected chi connectivity index (χ2v) is 6.27. The third kappa shape index (κ3) is 4.49. The Balaban J connectivity index is 0.00000225. The molecule has 25 heavy (non-hydrogen) atoms. The molecule has 0 atom stereocenters. The Morgan fingerprint density at radius 1 is 1.24 bits per heavy atom. The number of rotatable bonds is 6. The molecule has 1 aromatic carbocycles. The molecule has 0 spiro atoms. The highest BCUT2D eigenvalue weighted by Gasteiger charge is 2.32. The monoisotopic (exact) mass is 366 g/mol. The summed E-state index contributed by atoms with van der Waals surface area (Å²) < 4.78 is 0. The van der Waals surface area contributed by atoms with E-state index in [2.05, 4.69) is 22.8 Å². The fraction of sp³-hybridized carbons (Fsp3) is 0.471. The summed E-state index contributed by atoms with van der Waals surface area (Å²) in [7, 11) is 1.60. The number of imide groups is 1. The second kappa shape index (κ2) is 8.31. The van der Waals surface area contributed by atoms with E-state index in [-0.39, 0.29) is 36.8 Å². The maximum Gasteiger partial charge on any atom is 0.326 e. The number of urea groups is 1. The van der Waals surface area contributed by atoms with Gasteiger partial charge in [0.2, 0.25) is 11.8 Å². The van der Waals surface area contributed by atoms with Crippen molar-refractivity contribution in [3.63, 3.8) is 0 Å². The highest BCUT2D eigenvalue weighted by atomic mass is 35.5. The molecule has 2 heterocycles. The first-order chi connectivity index (χ1) is 11.5. The van der Waals surface area contributed by atoms with Crippen molar-refractivity contribution in [2.75, 3.05) is 20.1 Å². The average Bonchev–Trinajstić information content (AvgIpc) is 3.12. The van der Waals surface area contributed by atoms with Crippen LogP contribution in [0, 0.1) is 0 Å². The fourth-order valence-electron chi connectivity index (χ4n) is 3.03. The molecule has 2 N–H and O–H groups in total. The molecular formula is C17H23ClN4O3. The normalized spacial score (nSPS) is 16.0. The molecule has 1 saturated heterocycles. The van der Waals surface area contributed by atoms with Crippen LogP contribution in [0.1, 0.15) is 29.5 Å². The predicted molar refractivity (Wildman–Crippen MR) is 95.1 cm³/mol. The van der Waals surface area contributed by atoms with Gasteiger partial charge in [0.1, 0.15) is 6.54 Å². The Kier molecular flexibility index (Phi) is 6.39. The number of nitrogens with one attached hydrogen (secondary N) is 2. The van der Waals surface area contributed by atoms with E-state index in [1.807, 2.05) is 6.07 Å². The zero-order valence-corrected chi connectivity index (χ0v) is 15.0. The van der Waals surface area contributed by atoms with Crippen LogP contribution in [0.25, 0.3) is 0 Å². The van der Waals surface area contributed by atoms with Crippen molar-refractivity contribution in [3.05, 3.63) is 34.9 Å². The lowest BCUT2D eigenvalue weighted by molar-refractivity contribution is -0.126. The van der Waals surface area contributed by atoms with E-state index < -0.39 is 0 Å². The molecule has 2 aliphatic rings. The van der Waals surface area contributed by atoms with Crippen molar-refractivity contribution in [1.29, 1.82) is 0 Å². The lowest BCUT2D eigenvalue weighted by atomic mass is 10.1. The fourth-order valence-corrected chi connectivity index (χ4v) is 3.03. The number of hydrogen-bond donors (Lipinski definition) is 2. The lowest BCUT2D eigenvalue weighted by Gasteiger charge is -2.13. The van der Waals surface area contributed by atoms with Crippen LogP contribution in [0.15, 0.2) is 18.2 Å². The molecule has 3 rings (SSSR count). The van der Waals surface area contributed by atoms with Crippen LogP contribution in [0.4, 0.5) is 4.79 Å². The van der Waals surface area contributed by atoms with Crippen molar-refractivity contribution in [2.45, 2.75) is 32.5 Å². The first-order valence-corrected chi connectivity index (χ1v) is 8.18. The van der Waals surface area contributed by atoms with Crippen LogP contribution >= 0.6 is 12.4 Å². The molecule has 0 saturated carbocycles. The van der Waals surface area contributed by atoms with E-state index in [9.17, 15) is 14.4 Å². The van der Waals surface area contributed by atoms with Crippen LogP contribution < -0.4 is 10.6 Å². The van der Waals surface area contributed by atoms with Crippen molar-refractivity contribution in [1.82, 2.24) is 20.4 Å². The number of carbonyl (C=O) groups is 3. The molecule has 4 amide bonds. The first-order valence-electron chi connectivity index (χ1n) is 8.18. The summed E-state index contributed by atoms with van der Waals surface area (Å²) in [5, 5.41) is 6.18. The van der Waals surface area contributed by atoms with E-state index in [0.717, 1.165) is 18.7 Å². The minimum atomic E-state index is -0.285. The number of fused-ring (bicyclic) bond motifs is 1. The summed E-state index contributed by atoms with van der Waals surface area (Å²) in [5.74, 6) is -0.268. The summed E-state index contributed by atoms with van der Waals surface area (Å²) in [5.41, 5.74) is 3.68. The topological polar surface area (TPSA) is 81.8 Å². The number of hydrogen-bond acceptors (Lipinski definition) is 4. The highest BCUT2D eigenvalue weighted by molar-refractivity contribution is 6.01. The van der Waals surface area contributed by atoms with Gasteiger partial charge in [-0.2, -0.15) is 0 Å². The Bertz CT molecular complexity index is 680. The molecule has 0 aliphatic carbocycles. The van der Waals surface area contributed by atoms with E-state index in [0.29, 0.717) is 25.9 Å². The smallest absolute Gasteiger partial charge is 0.326 e. The van der Waals surface area contributed by atoms with Crippen molar-refractivity contribution in [3.8, 4) is 0 Å². The van der Waals surface area contributed by atoms with Gasteiger partial charge in [0.25, 0.3) is 0 Å². The molecule has 1 fully saturated rings. The number of nitrogens with zero attached hydrogens (tertiary/aromatic N) is 2. The number of likely N-dealkylation sites (N-methyl/N-ethyl adjacent to an activating group) is 1. The Labute approximate surface area is 153 Å². The minimum Gasteiger partial charge on any atom is -0.352 e. The first kappa shape index (κ1) is 19.2. The Morgan fingerprint density at radius 2 is 2.00 bits per heavy atom. The van der Waals surface area contributed by atoms with E-state index in [1.54, 1.807) is 7.05 Å². The van der Waals surface area contributed by atoms with Crippen LogP contribution in [-0.2, 0) is 29.2 Å². The summed E-state index contributed by atoms with van der Waals surface area (Å²) in [6.45, 7) is 2.70. The van der Waals surface area contributed by atoms with Crippen molar-refractivity contribution < 1.29 is 14.4 Å². The third-order valence-electron chi connectivity index (χ3n) is 4.41. The van der Waals surface area contributed by atoms with Gasteiger partial charge < -0.3 is 15.5 Å². The summed E-state index contributed by atoms with van der Waals surface area (Å²) in [4.78, 5) is 37.9. The minimum absolute atomic E-state index is 0. The molecule has 0 unspecified atom stereocenters. The summed E-state index contributed by atoms with van der Waals surface area (Å²) in [6, 6.07) is 5.96. The molecule has 1 aromatic rings. The Hall–Kier alpha value is -2.12. The highest BCUT2D eigenvalue weighted by Crippen LogP contribution is 2.17. The van der Waals surface area contributed by atoms with Gasteiger partial charge in [-0.05, 0) is 23.1 Å². The largest absolute Gasteiger partial charge is 0.352 e. The van der Waals surface area contributed by atoms with E-state index >= 15 is 0 Å². The molecule has 0 aromatic heterocycles. The summed E-state index contributed by atoms with van der Waals surface area (Å²) in [6.07, 6.45) is 0.776. The van der Waals surface area contributed by atoms with Crippen molar-refractivity contribution in [2.24, 2.45) is 0 Å². The SMILES string of the molecule is CN1CC(=O)N(CCCC(=O)NCc2ccc3c(c2)CNC3)C1=O.Cl. The zero-order valence-electron chi connectivity index (χ0n) is 14.2. The van der Waals surface area contributed by atoms with Crippen molar-refractivity contribution >= 4 is 30.3 Å². The maximum absolute atomic E-state index is 11.9. The zero-order chi connectivity index (χ0) is 17.1. The molecular weight excluding hydrogens is 344 g/mol. The van der Waals surface area contributed by atoms with Crippen LogP contribution in [-0.4, -0.2) is 47.8 Å². The van der Waals surface area contributed by atoms with Gasteiger partial charge >= 0.3 is 6.03 Å². The molecule has 0 radical (unpaired) electrons. The second-order valence-electron chi connectivity index (χ2n) is 6.27. The van der Waals surface area contributed by atoms with E-state index in [4.69, 9.17) is 0 Å². The van der Waals surface area contributed by atoms with Gasteiger partial charge in [-0.3, -0.25) is 14.5 Å². The third-order valence-corrected chi connectivity index (χ3v) is 4.41. The molecule has 7 nitrogen and oxygen atoms in total. The molecule has 8 heteroatoms. The van der Waals surface area contributed by atoms with Gasteiger partial charge in [-0.1, -0.05) is 18.2 Å². The standard InChI is InChI=1S/C17H22N4O3.ClH/c1-20-11-16(23)21(17(20)24)6-2-3-15(22)19-8-12-4-5-13-9-18-10-14(13)7-12;/h4-5,7,18H,2-3,6,8-11H2,1H3,(H,19,22);1H. The quantitative estimate of drug-likeness (QED) is 0.736. The molecule has 136 valence electrons. The van der Waals surface area contributed by atoms with Gasteiger partial charge in [-0.15, -0.1) is 12.4 Å². The Morgan fingerprint density at radius 3 is 2.72 bits per heavy atom. The van der Waals surface area contributed by atoms with Crippen LogP contribution in [0.5, 0.6) is 0 Å². The van der Waals surface area contributed by atoms with E-state index in [1.165, 1.54) is 20.9 Å². The van der Waals surface area contributed by atoms with Crippen LogP contribution in [0.2, 0.25) is 0 Å². The molecule has 0 bridgehead atoms. The maximum atomic E-state index is 11.9. The molecule has 2 aliphatic heterocycles. The van der Waals surface area contributed by atoms with Gasteiger partial charge in [-0.25, -0.2) is 4.79 Å². The number of benzene rings is 1. The van der Waals surface area contributed by atoms with Gasteiger partial charge in [0.05, 0.1) is 0 Å². The average molecular weight is 367 g/mol. The van der Waals surface area contributed by atoms with Gasteiger partial charge in [0.15, 0.2) is 0 Å². The summed E-state index contributed by atoms with van der Waals surface area (Å²) >= 11 is 0. The lowest BCUT2D eigenvalue weighted by Crippen LogP contribution is -2.33. The number of amides is 4. The van der Waals surface area contributed by atoms with Gasteiger partial charge in [0, 0.05) is 39.6 Å². The number of carbonyl (C=O) groups excluding carboxylic acids is 3. The predicted octanol–water partition coefficient (Wildman–Crippen LogP) is 1.00.